The van der Waals surface area contributed by atoms with Crippen molar-refractivity contribution in [1.82, 2.24) is 0 Å². The molecule has 0 aliphatic rings. The molecule has 0 radical (unpaired) electrons. The largest absolute Gasteiger partial charge is 0.286 e. The zero-order valence-electron chi connectivity index (χ0n) is 8.05. The van der Waals surface area contributed by atoms with Crippen molar-refractivity contribution in [3.63, 3.8) is 0 Å². The van der Waals surface area contributed by atoms with E-state index in [4.69, 9.17) is 4.55 Å². The monoisotopic (exact) mass is 216 g/mol. The van der Waals surface area contributed by atoms with Crippen molar-refractivity contribution in [1.29, 1.82) is 0 Å². The van der Waals surface area contributed by atoms with Gasteiger partial charge in [0.1, 0.15) is 6.54 Å². The number of rotatable bonds is 4. The van der Waals surface area contributed by atoms with Crippen molar-refractivity contribution < 1.29 is 17.5 Å². The maximum atomic E-state index is 10.4. The highest BCUT2D eigenvalue weighted by molar-refractivity contribution is 7.85. The Bertz CT molecular complexity index is 383. The molecular formula is C9H14NO3S+. The van der Waals surface area contributed by atoms with E-state index >= 15 is 0 Å². The van der Waals surface area contributed by atoms with Gasteiger partial charge < -0.3 is 0 Å². The highest BCUT2D eigenvalue weighted by atomic mass is 32.2. The Morgan fingerprint density at radius 2 is 1.93 bits per heavy atom. The summed E-state index contributed by atoms with van der Waals surface area (Å²) in [6, 6.07) is 3.90. The van der Waals surface area contributed by atoms with Gasteiger partial charge in [-0.25, -0.2) is 4.57 Å². The summed E-state index contributed by atoms with van der Waals surface area (Å²) < 4.78 is 31.2. The average molecular weight is 216 g/mol. The normalized spacial score (nSPS) is 11.6. The molecule has 0 aliphatic heterocycles. The summed E-state index contributed by atoms with van der Waals surface area (Å²) in [4.78, 5) is 0. The van der Waals surface area contributed by atoms with Gasteiger partial charge in [0.2, 0.25) is 0 Å². The Labute approximate surface area is 83.9 Å². The van der Waals surface area contributed by atoms with Crippen LogP contribution in [0.3, 0.4) is 0 Å². The summed E-state index contributed by atoms with van der Waals surface area (Å²) in [5.41, 5.74) is 1.16. The van der Waals surface area contributed by atoms with Gasteiger partial charge in [-0.2, -0.15) is 8.42 Å². The first-order chi connectivity index (χ1) is 6.47. The minimum Gasteiger partial charge on any atom is -0.286 e. The predicted molar refractivity (Wildman–Crippen MR) is 52.4 cm³/mol. The maximum Gasteiger partial charge on any atom is 0.265 e. The van der Waals surface area contributed by atoms with Crippen LogP contribution >= 0.6 is 0 Å². The van der Waals surface area contributed by atoms with Crippen LogP contribution in [-0.2, 0) is 16.7 Å². The Hall–Kier alpha value is -0.940. The van der Waals surface area contributed by atoms with E-state index in [2.05, 4.69) is 0 Å². The molecule has 0 atom stereocenters. The third-order valence-electron chi connectivity index (χ3n) is 1.88. The quantitative estimate of drug-likeness (QED) is 0.591. The molecule has 0 bridgehead atoms. The predicted octanol–water partition coefficient (Wildman–Crippen LogP) is 0.560. The van der Waals surface area contributed by atoms with Gasteiger partial charge in [0, 0.05) is 18.6 Å². The Morgan fingerprint density at radius 1 is 1.36 bits per heavy atom. The van der Waals surface area contributed by atoms with Gasteiger partial charge in [-0.15, -0.1) is 0 Å². The number of hydrogen-bond donors (Lipinski definition) is 1. The molecule has 1 heterocycles. The van der Waals surface area contributed by atoms with Crippen molar-refractivity contribution in [2.45, 2.75) is 19.9 Å². The molecule has 1 rings (SSSR count). The molecule has 0 aliphatic carbocycles. The van der Waals surface area contributed by atoms with Crippen LogP contribution in [0.1, 0.15) is 12.0 Å². The molecule has 4 nitrogen and oxygen atoms in total. The molecule has 0 unspecified atom stereocenters. The fourth-order valence-electron chi connectivity index (χ4n) is 1.11. The van der Waals surface area contributed by atoms with Crippen molar-refractivity contribution in [3.8, 4) is 0 Å². The second-order valence-corrected chi connectivity index (χ2v) is 4.82. The molecule has 5 heteroatoms. The van der Waals surface area contributed by atoms with E-state index in [1.165, 1.54) is 0 Å². The van der Waals surface area contributed by atoms with Gasteiger partial charge in [0.05, 0.1) is 5.75 Å². The first kappa shape index (κ1) is 11.1. The van der Waals surface area contributed by atoms with Crippen LogP contribution in [0.4, 0.5) is 0 Å². The zero-order valence-corrected chi connectivity index (χ0v) is 8.87. The lowest BCUT2D eigenvalue weighted by molar-refractivity contribution is -0.696. The summed E-state index contributed by atoms with van der Waals surface area (Å²) in [6.07, 6.45) is 4.20. The second kappa shape index (κ2) is 4.52. The number of hydrogen-bond acceptors (Lipinski definition) is 2. The molecule has 78 valence electrons. The van der Waals surface area contributed by atoms with Gasteiger partial charge in [-0.3, -0.25) is 4.55 Å². The topological polar surface area (TPSA) is 58.2 Å². The Balaban J connectivity index is 2.43. The van der Waals surface area contributed by atoms with E-state index in [0.29, 0.717) is 13.0 Å². The first-order valence-electron chi connectivity index (χ1n) is 4.38. The third kappa shape index (κ3) is 4.34. The Kier molecular flexibility index (Phi) is 3.60. The van der Waals surface area contributed by atoms with E-state index in [1.807, 2.05) is 36.0 Å². The van der Waals surface area contributed by atoms with E-state index in [0.717, 1.165) is 5.56 Å². The van der Waals surface area contributed by atoms with Crippen LogP contribution in [0.5, 0.6) is 0 Å². The van der Waals surface area contributed by atoms with Crippen LogP contribution in [0.15, 0.2) is 24.5 Å². The summed E-state index contributed by atoms with van der Waals surface area (Å²) in [5, 5.41) is 0. The van der Waals surface area contributed by atoms with Crippen molar-refractivity contribution in [2.75, 3.05) is 5.75 Å². The molecule has 0 spiro atoms. The number of pyridine rings is 1. The van der Waals surface area contributed by atoms with Crippen molar-refractivity contribution >= 4 is 10.1 Å². The second-order valence-electron chi connectivity index (χ2n) is 3.25. The molecule has 1 N–H and O–H groups in total. The smallest absolute Gasteiger partial charge is 0.265 e. The molecule has 14 heavy (non-hydrogen) atoms. The number of nitrogens with zero attached hydrogens (tertiary/aromatic N) is 1. The Morgan fingerprint density at radius 3 is 2.43 bits per heavy atom. The van der Waals surface area contributed by atoms with Crippen molar-refractivity contribution in [3.05, 3.63) is 30.1 Å². The van der Waals surface area contributed by atoms with Crippen LogP contribution in [-0.4, -0.2) is 18.7 Å². The fraction of sp³-hybridized carbons (Fsp3) is 0.444. The molecule has 0 aromatic carbocycles. The number of aromatic nitrogens is 1. The van der Waals surface area contributed by atoms with E-state index in [9.17, 15) is 8.42 Å². The summed E-state index contributed by atoms with van der Waals surface area (Å²) in [7, 11) is -3.82. The highest BCUT2D eigenvalue weighted by Crippen LogP contribution is 1.92. The minimum atomic E-state index is -3.82. The van der Waals surface area contributed by atoms with Gasteiger partial charge >= 0.3 is 0 Å². The fourth-order valence-corrected chi connectivity index (χ4v) is 1.60. The molecule has 1 aromatic rings. The van der Waals surface area contributed by atoms with Gasteiger partial charge in [-0.05, 0) is 12.5 Å². The van der Waals surface area contributed by atoms with Crippen molar-refractivity contribution in [2.24, 2.45) is 0 Å². The highest BCUT2D eigenvalue weighted by Gasteiger charge is 2.06. The number of aryl methyl sites for hydroxylation is 2. The third-order valence-corrected chi connectivity index (χ3v) is 2.68. The first-order valence-corrected chi connectivity index (χ1v) is 5.99. The maximum absolute atomic E-state index is 10.4. The van der Waals surface area contributed by atoms with Gasteiger partial charge in [-0.1, -0.05) is 0 Å². The van der Waals surface area contributed by atoms with E-state index in [1.54, 1.807) is 0 Å². The van der Waals surface area contributed by atoms with Gasteiger partial charge in [0.15, 0.2) is 12.4 Å². The lowest BCUT2D eigenvalue weighted by Gasteiger charge is -1.96. The summed E-state index contributed by atoms with van der Waals surface area (Å²) >= 11 is 0. The van der Waals surface area contributed by atoms with E-state index in [-0.39, 0.29) is 5.75 Å². The minimum absolute atomic E-state index is 0.187. The summed E-state index contributed by atoms with van der Waals surface area (Å²) in [6.45, 7) is 2.59. The molecule has 0 saturated carbocycles. The molecule has 0 saturated heterocycles. The zero-order chi connectivity index (χ0) is 10.6. The summed E-state index contributed by atoms with van der Waals surface area (Å²) in [5.74, 6) is -0.187. The molecule has 1 aromatic heterocycles. The molecular weight excluding hydrogens is 202 g/mol. The SMILES string of the molecule is Cc1cc[n+](CCCS(=O)(=O)O)cc1. The molecule has 0 amide bonds. The van der Waals surface area contributed by atoms with E-state index < -0.39 is 10.1 Å². The van der Waals surface area contributed by atoms with Crippen LogP contribution in [0.25, 0.3) is 0 Å². The standard InChI is InChI=1S/C9H13NO3S/c1-9-3-6-10(7-4-9)5-2-8-14(11,12)13/h3-4,6-7H,2,5,8H2,1H3/p+1. The van der Waals surface area contributed by atoms with Crippen LogP contribution in [0.2, 0.25) is 0 Å². The molecule has 0 fully saturated rings. The van der Waals surface area contributed by atoms with Crippen LogP contribution < -0.4 is 4.57 Å². The van der Waals surface area contributed by atoms with Crippen LogP contribution in [0, 0.1) is 6.92 Å². The lowest BCUT2D eigenvalue weighted by atomic mass is 10.3. The lowest BCUT2D eigenvalue weighted by Crippen LogP contribution is -2.33. The van der Waals surface area contributed by atoms with Gasteiger partial charge in [0.25, 0.3) is 10.1 Å². The average Bonchev–Trinajstić information content (AvgIpc) is 2.06.